The summed E-state index contributed by atoms with van der Waals surface area (Å²) in [6, 6.07) is 3.32. The van der Waals surface area contributed by atoms with E-state index in [2.05, 4.69) is 14.7 Å². The average molecular weight is 174 g/mol. The van der Waals surface area contributed by atoms with Crippen molar-refractivity contribution in [3.05, 3.63) is 36.4 Å². The van der Waals surface area contributed by atoms with Gasteiger partial charge in [-0.25, -0.2) is 0 Å². The number of hydrogen-bond donors (Lipinski definition) is 0. The van der Waals surface area contributed by atoms with Gasteiger partial charge in [0.05, 0.1) is 0 Å². The molecule has 2 aromatic heterocycles. The Balaban J connectivity index is 2.57. The monoisotopic (exact) mass is 174 g/mol. The third-order valence-electron chi connectivity index (χ3n) is 1.70. The number of aromatic nitrogens is 2. The molecule has 0 amide bonds. The van der Waals surface area contributed by atoms with Crippen molar-refractivity contribution in [3.63, 3.8) is 0 Å². The van der Waals surface area contributed by atoms with Crippen LogP contribution in [0.1, 0.15) is 10.4 Å². The lowest BCUT2D eigenvalue weighted by atomic mass is 10.1. The summed E-state index contributed by atoms with van der Waals surface area (Å²) in [5.74, 6) is 0. The van der Waals surface area contributed by atoms with E-state index >= 15 is 0 Å². The molecule has 0 aliphatic heterocycles. The molecule has 64 valence electrons. The Morgan fingerprint density at radius 2 is 2.31 bits per heavy atom. The minimum Gasteiger partial charge on any atom is -0.364 e. The van der Waals surface area contributed by atoms with E-state index in [9.17, 15) is 4.79 Å². The Hall–Kier alpha value is -1.97. The van der Waals surface area contributed by atoms with E-state index in [1.807, 2.05) is 0 Å². The molecule has 0 N–H and O–H groups in total. The third kappa shape index (κ3) is 1.33. The highest BCUT2D eigenvalue weighted by atomic mass is 16.5. The van der Waals surface area contributed by atoms with Gasteiger partial charge in [0, 0.05) is 29.6 Å². The highest BCUT2D eigenvalue weighted by molar-refractivity contribution is 5.85. The molecule has 0 radical (unpaired) electrons. The summed E-state index contributed by atoms with van der Waals surface area (Å²) in [7, 11) is 0. The minimum atomic E-state index is 0.559. The van der Waals surface area contributed by atoms with Crippen LogP contribution in [0.15, 0.2) is 35.3 Å². The number of hydrogen-bond acceptors (Lipinski definition) is 4. The van der Waals surface area contributed by atoms with E-state index in [1.165, 1.54) is 6.26 Å². The molecule has 0 saturated heterocycles. The number of nitrogens with zero attached hydrogens (tertiary/aromatic N) is 2. The summed E-state index contributed by atoms with van der Waals surface area (Å²) in [6.45, 7) is 0. The van der Waals surface area contributed by atoms with E-state index < -0.39 is 0 Å². The Labute approximate surface area is 74.2 Å². The molecule has 0 spiro atoms. The Kier molecular flexibility index (Phi) is 1.88. The van der Waals surface area contributed by atoms with Gasteiger partial charge in [0.25, 0.3) is 0 Å². The summed E-state index contributed by atoms with van der Waals surface area (Å²) in [5.41, 5.74) is 1.87. The molecule has 0 bridgehead atoms. The fourth-order valence-corrected chi connectivity index (χ4v) is 1.07. The first-order valence-corrected chi connectivity index (χ1v) is 3.72. The van der Waals surface area contributed by atoms with Crippen molar-refractivity contribution >= 4 is 6.29 Å². The zero-order chi connectivity index (χ0) is 9.10. The van der Waals surface area contributed by atoms with Crippen LogP contribution in [0.4, 0.5) is 0 Å². The van der Waals surface area contributed by atoms with Crippen molar-refractivity contribution in [3.8, 4) is 11.3 Å². The molecule has 0 aromatic carbocycles. The van der Waals surface area contributed by atoms with Gasteiger partial charge in [-0.05, 0) is 6.07 Å². The topological polar surface area (TPSA) is 56.0 Å². The van der Waals surface area contributed by atoms with Gasteiger partial charge in [-0.1, -0.05) is 5.16 Å². The van der Waals surface area contributed by atoms with E-state index in [1.54, 1.807) is 24.5 Å². The predicted octanol–water partition coefficient (Wildman–Crippen LogP) is 1.55. The molecule has 0 aliphatic carbocycles. The second kappa shape index (κ2) is 3.18. The van der Waals surface area contributed by atoms with Crippen LogP contribution in [0.25, 0.3) is 11.3 Å². The first-order chi connectivity index (χ1) is 6.42. The van der Waals surface area contributed by atoms with Crippen molar-refractivity contribution in [2.75, 3.05) is 0 Å². The first-order valence-electron chi connectivity index (χ1n) is 3.72. The van der Waals surface area contributed by atoms with Crippen LogP contribution in [0.2, 0.25) is 0 Å². The zero-order valence-electron chi connectivity index (χ0n) is 6.68. The van der Waals surface area contributed by atoms with Crippen LogP contribution in [0.3, 0.4) is 0 Å². The molecule has 2 heterocycles. The third-order valence-corrected chi connectivity index (χ3v) is 1.70. The Bertz CT molecular complexity index is 409. The van der Waals surface area contributed by atoms with Gasteiger partial charge in [0.2, 0.25) is 0 Å². The highest BCUT2D eigenvalue weighted by Crippen LogP contribution is 2.18. The number of carbonyl (C=O) groups excluding carboxylic acids is 1. The zero-order valence-corrected chi connectivity index (χ0v) is 6.68. The van der Waals surface area contributed by atoms with Gasteiger partial charge in [-0.15, -0.1) is 0 Å². The number of carbonyl (C=O) groups is 1. The van der Waals surface area contributed by atoms with Crippen LogP contribution in [-0.2, 0) is 0 Å². The lowest BCUT2D eigenvalue weighted by Gasteiger charge is -1.96. The fourth-order valence-electron chi connectivity index (χ4n) is 1.07. The quantitative estimate of drug-likeness (QED) is 0.648. The smallest absolute Gasteiger partial charge is 0.150 e. The standard InChI is InChI=1S/C9H6N2O2/c12-6-7-1-3-10-5-8(7)9-2-4-13-11-9/h1-6H. The van der Waals surface area contributed by atoms with Gasteiger partial charge in [0.1, 0.15) is 12.0 Å². The molecule has 0 saturated carbocycles. The van der Waals surface area contributed by atoms with Crippen molar-refractivity contribution in [2.45, 2.75) is 0 Å². The molecule has 13 heavy (non-hydrogen) atoms. The maximum atomic E-state index is 10.6. The van der Waals surface area contributed by atoms with Gasteiger partial charge < -0.3 is 4.52 Å². The van der Waals surface area contributed by atoms with Crippen LogP contribution in [-0.4, -0.2) is 16.4 Å². The normalized spacial score (nSPS) is 9.85. The Morgan fingerprint density at radius 1 is 1.38 bits per heavy atom. The molecule has 0 atom stereocenters. The summed E-state index contributed by atoms with van der Waals surface area (Å²) in [5, 5.41) is 3.72. The van der Waals surface area contributed by atoms with Gasteiger partial charge >= 0.3 is 0 Å². The number of pyridine rings is 1. The van der Waals surface area contributed by atoms with E-state index in [-0.39, 0.29) is 0 Å². The van der Waals surface area contributed by atoms with Crippen molar-refractivity contribution < 1.29 is 9.32 Å². The molecule has 0 aliphatic rings. The lowest BCUT2D eigenvalue weighted by Crippen LogP contribution is -1.88. The van der Waals surface area contributed by atoms with Crippen molar-refractivity contribution in [2.24, 2.45) is 0 Å². The van der Waals surface area contributed by atoms with Crippen molar-refractivity contribution in [1.82, 2.24) is 10.1 Å². The molecular formula is C9H6N2O2. The minimum absolute atomic E-state index is 0.559. The second-order valence-corrected chi connectivity index (χ2v) is 2.47. The lowest BCUT2D eigenvalue weighted by molar-refractivity contribution is 0.112. The molecule has 0 unspecified atom stereocenters. The molecular weight excluding hydrogens is 168 g/mol. The number of rotatable bonds is 2. The average Bonchev–Trinajstić information content (AvgIpc) is 2.70. The maximum Gasteiger partial charge on any atom is 0.150 e. The molecule has 4 heteroatoms. The van der Waals surface area contributed by atoms with Crippen molar-refractivity contribution in [1.29, 1.82) is 0 Å². The summed E-state index contributed by atoms with van der Waals surface area (Å²) >= 11 is 0. The second-order valence-electron chi connectivity index (χ2n) is 2.47. The summed E-state index contributed by atoms with van der Waals surface area (Å²) in [6.07, 6.45) is 5.37. The Morgan fingerprint density at radius 3 is 3.00 bits per heavy atom. The van der Waals surface area contributed by atoms with Gasteiger partial charge in [-0.2, -0.15) is 0 Å². The molecule has 4 nitrogen and oxygen atoms in total. The summed E-state index contributed by atoms with van der Waals surface area (Å²) in [4.78, 5) is 14.5. The maximum absolute atomic E-state index is 10.6. The van der Waals surface area contributed by atoms with Crippen LogP contribution in [0.5, 0.6) is 0 Å². The van der Waals surface area contributed by atoms with E-state index in [4.69, 9.17) is 0 Å². The fraction of sp³-hybridized carbons (Fsp3) is 0. The van der Waals surface area contributed by atoms with Crippen LogP contribution >= 0.6 is 0 Å². The molecule has 2 aromatic rings. The predicted molar refractivity (Wildman–Crippen MR) is 45.1 cm³/mol. The highest BCUT2D eigenvalue weighted by Gasteiger charge is 2.06. The molecule has 0 fully saturated rings. The first kappa shape index (κ1) is 7.67. The summed E-state index contributed by atoms with van der Waals surface area (Å²) < 4.78 is 4.67. The van der Waals surface area contributed by atoms with E-state index in [0.29, 0.717) is 16.8 Å². The number of aldehydes is 1. The molecule has 2 rings (SSSR count). The van der Waals surface area contributed by atoms with Crippen LogP contribution in [0, 0.1) is 0 Å². The van der Waals surface area contributed by atoms with Crippen LogP contribution < -0.4 is 0 Å². The largest absolute Gasteiger partial charge is 0.364 e. The van der Waals surface area contributed by atoms with Gasteiger partial charge in [0.15, 0.2) is 6.29 Å². The SMILES string of the molecule is O=Cc1ccncc1-c1ccon1. The van der Waals surface area contributed by atoms with Gasteiger partial charge in [-0.3, -0.25) is 9.78 Å². The van der Waals surface area contributed by atoms with E-state index in [0.717, 1.165) is 6.29 Å².